The number of hydrogen-bond donors (Lipinski definition) is 2. The van der Waals surface area contributed by atoms with Gasteiger partial charge in [0, 0.05) is 42.8 Å². The highest BCUT2D eigenvalue weighted by Crippen LogP contribution is 2.20. The van der Waals surface area contributed by atoms with E-state index in [1.54, 1.807) is 17.9 Å². The van der Waals surface area contributed by atoms with Gasteiger partial charge >= 0.3 is 0 Å². The third kappa shape index (κ3) is 4.13. The molecule has 1 aliphatic heterocycles. The number of likely N-dealkylation sites (N-methyl/N-ethyl adjacent to an activating group) is 1. The summed E-state index contributed by atoms with van der Waals surface area (Å²) in [5.74, 6) is 0.0375. The maximum atomic E-state index is 12.8. The molecule has 1 atom stereocenters. The zero-order valence-electron chi connectivity index (χ0n) is 15.4. The zero-order valence-corrected chi connectivity index (χ0v) is 16.2. The molecule has 1 fully saturated rings. The quantitative estimate of drug-likeness (QED) is 0.830. The Morgan fingerprint density at radius 1 is 1.31 bits per heavy atom. The number of nitrogens with zero attached hydrogens (tertiary/aromatic N) is 3. The Kier molecular flexibility index (Phi) is 5.73. The molecule has 1 saturated heterocycles. The first-order valence-electron chi connectivity index (χ1n) is 8.80. The van der Waals surface area contributed by atoms with E-state index in [0.29, 0.717) is 13.1 Å². The van der Waals surface area contributed by atoms with Crippen molar-refractivity contribution in [3.05, 3.63) is 39.8 Å². The molecule has 140 valence electrons. The molecule has 7 nitrogen and oxygen atoms in total. The first-order chi connectivity index (χ1) is 12.5. The highest BCUT2D eigenvalue weighted by atomic mass is 32.1. The largest absolute Gasteiger partial charge is 0.348 e. The summed E-state index contributed by atoms with van der Waals surface area (Å²) < 4.78 is 1.70. The summed E-state index contributed by atoms with van der Waals surface area (Å²) in [6.07, 6.45) is 5.11. The van der Waals surface area contributed by atoms with Gasteiger partial charge in [-0.1, -0.05) is 0 Å². The number of aryl methyl sites for hydroxylation is 2. The van der Waals surface area contributed by atoms with Gasteiger partial charge in [0.05, 0.1) is 11.1 Å². The Morgan fingerprint density at radius 2 is 2.04 bits per heavy atom. The summed E-state index contributed by atoms with van der Waals surface area (Å²) in [5.41, 5.74) is 0.864. The van der Waals surface area contributed by atoms with Crippen LogP contribution in [0.25, 0.3) is 0 Å². The maximum Gasteiger partial charge on any atom is 0.261 e. The van der Waals surface area contributed by atoms with E-state index in [2.05, 4.69) is 15.7 Å². The normalized spacial score (nSPS) is 16.5. The van der Waals surface area contributed by atoms with E-state index in [1.165, 1.54) is 11.3 Å². The number of likely N-dealkylation sites (tertiary alicyclic amines) is 1. The van der Waals surface area contributed by atoms with Gasteiger partial charge < -0.3 is 15.5 Å². The van der Waals surface area contributed by atoms with Crippen LogP contribution in [-0.2, 0) is 11.8 Å². The number of carbonyl (C=O) groups excluding carboxylic acids is 2. The number of piperidine rings is 1. The van der Waals surface area contributed by atoms with Crippen molar-refractivity contribution >= 4 is 23.2 Å². The molecule has 0 saturated carbocycles. The molecule has 2 N–H and O–H groups in total. The van der Waals surface area contributed by atoms with Crippen molar-refractivity contribution in [2.75, 3.05) is 20.1 Å². The van der Waals surface area contributed by atoms with Crippen LogP contribution < -0.4 is 10.6 Å². The van der Waals surface area contributed by atoms with Gasteiger partial charge in [-0.15, -0.1) is 11.3 Å². The third-order valence-electron chi connectivity index (χ3n) is 4.70. The highest BCUT2D eigenvalue weighted by molar-refractivity contribution is 7.13. The molecule has 0 bridgehead atoms. The van der Waals surface area contributed by atoms with Crippen molar-refractivity contribution in [2.24, 2.45) is 7.05 Å². The summed E-state index contributed by atoms with van der Waals surface area (Å²) in [4.78, 5) is 28.9. The molecule has 1 unspecified atom stereocenters. The van der Waals surface area contributed by atoms with Gasteiger partial charge in [-0.25, -0.2) is 0 Å². The van der Waals surface area contributed by atoms with Crippen LogP contribution in [0.4, 0.5) is 0 Å². The van der Waals surface area contributed by atoms with Crippen LogP contribution in [0.2, 0.25) is 0 Å². The van der Waals surface area contributed by atoms with E-state index in [1.807, 2.05) is 37.2 Å². The van der Waals surface area contributed by atoms with Gasteiger partial charge in [-0.05, 0) is 38.9 Å². The second-order valence-electron chi connectivity index (χ2n) is 6.65. The smallest absolute Gasteiger partial charge is 0.261 e. The molecule has 3 heterocycles. The molecule has 0 aromatic carbocycles. The number of amides is 2. The molecule has 0 aliphatic carbocycles. The minimum absolute atomic E-state index is 0.0173. The van der Waals surface area contributed by atoms with Crippen molar-refractivity contribution in [3.63, 3.8) is 0 Å². The van der Waals surface area contributed by atoms with Crippen LogP contribution in [0.5, 0.6) is 0 Å². The number of rotatable bonds is 5. The number of thiophene rings is 1. The lowest BCUT2D eigenvalue weighted by Gasteiger charge is -2.34. The molecular formula is C18H25N5O2S. The third-order valence-corrected chi connectivity index (χ3v) is 5.70. The molecule has 8 heteroatoms. The lowest BCUT2D eigenvalue weighted by Crippen LogP contribution is -2.49. The Hall–Kier alpha value is -2.19. The number of nitrogens with one attached hydrogen (secondary N) is 2. The fourth-order valence-electron chi connectivity index (χ4n) is 3.26. The second kappa shape index (κ2) is 8.01. The van der Waals surface area contributed by atoms with Crippen molar-refractivity contribution < 1.29 is 9.59 Å². The van der Waals surface area contributed by atoms with Gasteiger partial charge in [0.15, 0.2) is 0 Å². The first kappa shape index (κ1) is 18.6. The summed E-state index contributed by atoms with van der Waals surface area (Å²) >= 11 is 1.50. The topological polar surface area (TPSA) is 79.3 Å². The van der Waals surface area contributed by atoms with Crippen LogP contribution >= 0.6 is 11.3 Å². The van der Waals surface area contributed by atoms with Crippen molar-refractivity contribution in [3.8, 4) is 0 Å². The Bertz CT molecular complexity index is 776. The molecule has 2 aromatic rings. The highest BCUT2D eigenvalue weighted by Gasteiger charge is 2.29. The minimum atomic E-state index is -0.385. The average Bonchev–Trinajstić information content (AvgIpc) is 3.25. The van der Waals surface area contributed by atoms with Crippen molar-refractivity contribution in [1.82, 2.24) is 25.3 Å². The van der Waals surface area contributed by atoms with E-state index >= 15 is 0 Å². The summed E-state index contributed by atoms with van der Waals surface area (Å²) in [6.45, 7) is 3.28. The molecule has 1 aliphatic rings. The Labute approximate surface area is 157 Å². The van der Waals surface area contributed by atoms with Crippen LogP contribution in [0.15, 0.2) is 24.5 Å². The molecule has 2 aromatic heterocycles. The van der Waals surface area contributed by atoms with Crippen LogP contribution in [0.1, 0.15) is 39.0 Å². The van der Waals surface area contributed by atoms with Gasteiger partial charge in [0.1, 0.15) is 6.04 Å². The second-order valence-corrected chi connectivity index (χ2v) is 7.94. The Morgan fingerprint density at radius 3 is 2.58 bits per heavy atom. The Balaban J connectivity index is 1.54. The van der Waals surface area contributed by atoms with E-state index < -0.39 is 0 Å². The maximum absolute atomic E-state index is 12.8. The van der Waals surface area contributed by atoms with E-state index in [0.717, 1.165) is 28.2 Å². The van der Waals surface area contributed by atoms with E-state index in [9.17, 15) is 9.59 Å². The van der Waals surface area contributed by atoms with Crippen LogP contribution in [0, 0.1) is 6.92 Å². The summed E-state index contributed by atoms with van der Waals surface area (Å²) in [5, 5.41) is 10.3. The predicted molar refractivity (Wildman–Crippen MR) is 101 cm³/mol. The molecular weight excluding hydrogens is 350 g/mol. The average molecular weight is 375 g/mol. The van der Waals surface area contributed by atoms with Gasteiger partial charge in [0.25, 0.3) is 5.91 Å². The lowest BCUT2D eigenvalue weighted by atomic mass is 10.0. The number of carbonyl (C=O) groups is 2. The fourth-order valence-corrected chi connectivity index (χ4v) is 4.03. The molecule has 0 radical (unpaired) electrons. The number of hydrogen-bond acceptors (Lipinski definition) is 5. The van der Waals surface area contributed by atoms with Crippen molar-refractivity contribution in [2.45, 2.75) is 31.8 Å². The number of aromatic nitrogens is 2. The predicted octanol–water partition coefficient (Wildman–Crippen LogP) is 1.47. The molecule has 26 heavy (non-hydrogen) atoms. The van der Waals surface area contributed by atoms with Crippen LogP contribution in [-0.4, -0.2) is 52.7 Å². The van der Waals surface area contributed by atoms with E-state index in [-0.39, 0.29) is 23.9 Å². The van der Waals surface area contributed by atoms with Crippen LogP contribution in [0.3, 0.4) is 0 Å². The van der Waals surface area contributed by atoms with Gasteiger partial charge in [-0.3, -0.25) is 14.3 Å². The molecule has 2 amide bonds. The SMILES string of the molecule is CNC(C(=O)N1CCC(NC(=O)c2ccc(C)s2)CC1)c1cnn(C)c1. The molecule has 0 spiro atoms. The molecule has 3 rings (SSSR count). The first-order valence-corrected chi connectivity index (χ1v) is 9.61. The van der Waals surface area contributed by atoms with E-state index in [4.69, 9.17) is 0 Å². The van der Waals surface area contributed by atoms with Crippen molar-refractivity contribution in [1.29, 1.82) is 0 Å². The van der Waals surface area contributed by atoms with Gasteiger partial charge in [-0.2, -0.15) is 5.10 Å². The lowest BCUT2D eigenvalue weighted by molar-refractivity contribution is -0.134. The zero-order chi connectivity index (χ0) is 18.7. The summed E-state index contributed by atoms with van der Waals surface area (Å²) in [6, 6.07) is 3.54. The minimum Gasteiger partial charge on any atom is -0.348 e. The summed E-state index contributed by atoms with van der Waals surface area (Å²) in [7, 11) is 3.62. The standard InChI is InChI=1S/C18H25N5O2S/c1-12-4-5-15(26-12)17(24)21-14-6-8-23(9-7-14)18(25)16(19-2)13-10-20-22(3)11-13/h4-5,10-11,14,16,19H,6-9H2,1-3H3,(H,21,24). The van der Waals surface area contributed by atoms with Gasteiger partial charge in [0.2, 0.25) is 5.91 Å². The monoisotopic (exact) mass is 375 g/mol. The fraction of sp³-hybridized carbons (Fsp3) is 0.500.